The van der Waals surface area contributed by atoms with Crippen LogP contribution >= 0.6 is 24.8 Å². The predicted molar refractivity (Wildman–Crippen MR) is 87.4 cm³/mol. The predicted octanol–water partition coefficient (Wildman–Crippen LogP) is 1.54. The summed E-state index contributed by atoms with van der Waals surface area (Å²) < 4.78 is 1.94. The van der Waals surface area contributed by atoms with Crippen LogP contribution in [0.5, 0.6) is 0 Å². The lowest BCUT2D eigenvalue weighted by molar-refractivity contribution is -0.130. The maximum absolute atomic E-state index is 12.2. The number of imidazole rings is 1. The molecule has 1 atom stereocenters. The molecule has 1 aliphatic heterocycles. The van der Waals surface area contributed by atoms with E-state index in [1.54, 1.807) is 0 Å². The molecular weight excluding hydrogens is 311 g/mol. The van der Waals surface area contributed by atoms with Crippen LogP contribution in [0.1, 0.15) is 12.1 Å². The van der Waals surface area contributed by atoms with Gasteiger partial charge in [0, 0.05) is 32.0 Å². The fourth-order valence-corrected chi connectivity index (χ4v) is 2.53. The molecule has 0 aromatic carbocycles. The molecule has 3 rings (SSSR count). The molecule has 2 aromatic heterocycles. The van der Waals surface area contributed by atoms with Crippen molar-refractivity contribution < 1.29 is 4.79 Å². The molecule has 1 N–H and O–H groups in total. The van der Waals surface area contributed by atoms with Crippen LogP contribution in [-0.2, 0) is 11.2 Å². The Morgan fingerprint density at radius 3 is 2.95 bits per heavy atom. The number of amides is 1. The van der Waals surface area contributed by atoms with E-state index in [0.717, 1.165) is 30.9 Å². The summed E-state index contributed by atoms with van der Waals surface area (Å²) in [6.45, 7) is 1.89. The van der Waals surface area contributed by atoms with E-state index in [4.69, 9.17) is 0 Å². The van der Waals surface area contributed by atoms with Crippen LogP contribution in [0.3, 0.4) is 0 Å². The van der Waals surface area contributed by atoms with Crippen molar-refractivity contribution in [1.29, 1.82) is 0 Å². The summed E-state index contributed by atoms with van der Waals surface area (Å²) in [5.41, 5.74) is 1.71. The SMILES string of the molecule is CN(C(=O)Cc1cn2ccccc2n1)C1CCNC1.Cl.Cl. The van der Waals surface area contributed by atoms with E-state index in [2.05, 4.69) is 10.3 Å². The smallest absolute Gasteiger partial charge is 0.228 e. The fraction of sp³-hybridized carbons (Fsp3) is 0.429. The maximum atomic E-state index is 12.2. The van der Waals surface area contributed by atoms with Crippen LogP contribution in [-0.4, -0.2) is 46.4 Å². The summed E-state index contributed by atoms with van der Waals surface area (Å²) in [4.78, 5) is 18.5. The van der Waals surface area contributed by atoms with E-state index in [9.17, 15) is 4.79 Å². The third-order valence-electron chi connectivity index (χ3n) is 3.72. The number of rotatable bonds is 3. The highest BCUT2D eigenvalue weighted by molar-refractivity contribution is 5.85. The number of nitrogens with zero attached hydrogens (tertiary/aromatic N) is 3. The van der Waals surface area contributed by atoms with E-state index in [0.29, 0.717) is 12.5 Å². The Balaban J connectivity index is 0.00000110. The van der Waals surface area contributed by atoms with Crippen molar-refractivity contribution in [2.45, 2.75) is 18.9 Å². The average Bonchev–Trinajstić information content (AvgIpc) is 3.06. The van der Waals surface area contributed by atoms with Crippen LogP contribution in [0.4, 0.5) is 0 Å². The molecule has 3 heterocycles. The number of pyridine rings is 1. The highest BCUT2D eigenvalue weighted by Crippen LogP contribution is 2.10. The maximum Gasteiger partial charge on any atom is 0.228 e. The minimum absolute atomic E-state index is 0. The van der Waals surface area contributed by atoms with Crippen molar-refractivity contribution in [3.8, 4) is 0 Å². The van der Waals surface area contributed by atoms with Crippen molar-refractivity contribution >= 4 is 36.4 Å². The second kappa shape index (κ2) is 7.64. The van der Waals surface area contributed by atoms with Crippen LogP contribution < -0.4 is 5.32 Å². The van der Waals surface area contributed by atoms with Crippen molar-refractivity contribution in [2.24, 2.45) is 0 Å². The van der Waals surface area contributed by atoms with Crippen LogP contribution in [0.2, 0.25) is 0 Å². The van der Waals surface area contributed by atoms with Gasteiger partial charge in [0.15, 0.2) is 0 Å². The molecule has 0 bridgehead atoms. The molecular formula is C14H20Cl2N4O. The van der Waals surface area contributed by atoms with Gasteiger partial charge in [0.1, 0.15) is 5.65 Å². The van der Waals surface area contributed by atoms with Crippen LogP contribution in [0.25, 0.3) is 5.65 Å². The molecule has 1 unspecified atom stereocenters. The molecule has 5 nitrogen and oxygen atoms in total. The van der Waals surface area contributed by atoms with E-state index in [1.807, 2.05) is 46.9 Å². The molecule has 0 aliphatic carbocycles. The van der Waals surface area contributed by atoms with E-state index >= 15 is 0 Å². The molecule has 0 saturated carbocycles. The van der Waals surface area contributed by atoms with Crippen molar-refractivity contribution in [3.63, 3.8) is 0 Å². The Kier molecular flexibility index (Phi) is 6.45. The molecule has 1 saturated heterocycles. The second-order valence-corrected chi connectivity index (χ2v) is 5.03. The van der Waals surface area contributed by atoms with Crippen LogP contribution in [0, 0.1) is 0 Å². The molecule has 1 fully saturated rings. The van der Waals surface area contributed by atoms with Gasteiger partial charge in [-0.25, -0.2) is 4.98 Å². The summed E-state index contributed by atoms with van der Waals surface area (Å²) in [5.74, 6) is 0.136. The number of likely N-dealkylation sites (N-methyl/N-ethyl adjacent to an activating group) is 1. The summed E-state index contributed by atoms with van der Waals surface area (Å²) in [6.07, 6.45) is 5.27. The first-order chi connectivity index (χ1) is 9.24. The number of carbonyl (C=O) groups excluding carboxylic acids is 1. The lowest BCUT2D eigenvalue weighted by Gasteiger charge is -2.23. The van der Waals surface area contributed by atoms with Crippen molar-refractivity contribution in [3.05, 3.63) is 36.3 Å². The van der Waals surface area contributed by atoms with Gasteiger partial charge in [-0.3, -0.25) is 4.79 Å². The number of halogens is 2. The topological polar surface area (TPSA) is 49.6 Å². The zero-order valence-electron chi connectivity index (χ0n) is 11.9. The van der Waals surface area contributed by atoms with Gasteiger partial charge in [0.25, 0.3) is 0 Å². The Morgan fingerprint density at radius 2 is 2.29 bits per heavy atom. The Morgan fingerprint density at radius 1 is 1.48 bits per heavy atom. The zero-order chi connectivity index (χ0) is 13.2. The summed E-state index contributed by atoms with van der Waals surface area (Å²) in [7, 11) is 1.88. The molecule has 1 aliphatic rings. The molecule has 116 valence electrons. The van der Waals surface area contributed by atoms with E-state index in [1.165, 1.54) is 0 Å². The van der Waals surface area contributed by atoms with Gasteiger partial charge in [-0.1, -0.05) is 6.07 Å². The number of nitrogens with one attached hydrogen (secondary N) is 1. The normalized spacial score (nSPS) is 17.1. The van der Waals surface area contributed by atoms with Gasteiger partial charge < -0.3 is 14.6 Å². The van der Waals surface area contributed by atoms with Gasteiger partial charge in [-0.05, 0) is 25.1 Å². The monoisotopic (exact) mass is 330 g/mol. The van der Waals surface area contributed by atoms with Crippen molar-refractivity contribution in [2.75, 3.05) is 20.1 Å². The number of aromatic nitrogens is 2. The Hall–Kier alpha value is -1.30. The lowest BCUT2D eigenvalue weighted by atomic mass is 10.2. The minimum atomic E-state index is 0. The third-order valence-corrected chi connectivity index (χ3v) is 3.72. The minimum Gasteiger partial charge on any atom is -0.341 e. The standard InChI is InChI=1S/C14H18N4O.2ClH/c1-17(12-5-6-15-9-12)14(19)8-11-10-18-7-3-2-4-13(18)16-11;;/h2-4,7,10,12,15H,5-6,8-9H2,1H3;2*1H. The quantitative estimate of drug-likeness (QED) is 0.928. The third kappa shape index (κ3) is 3.87. The Bertz CT molecular complexity index is 562. The van der Waals surface area contributed by atoms with Gasteiger partial charge in [-0.15, -0.1) is 24.8 Å². The number of carbonyl (C=O) groups is 1. The summed E-state index contributed by atoms with van der Waals surface area (Å²) >= 11 is 0. The summed E-state index contributed by atoms with van der Waals surface area (Å²) in [6, 6.07) is 6.17. The second-order valence-electron chi connectivity index (χ2n) is 5.03. The summed E-state index contributed by atoms with van der Waals surface area (Å²) in [5, 5.41) is 3.28. The molecule has 1 amide bonds. The zero-order valence-corrected chi connectivity index (χ0v) is 13.5. The molecule has 7 heteroatoms. The van der Waals surface area contributed by atoms with Gasteiger partial charge in [0.05, 0.1) is 12.1 Å². The molecule has 2 aromatic rings. The highest BCUT2D eigenvalue weighted by atomic mass is 35.5. The van der Waals surface area contributed by atoms with Gasteiger partial charge in [-0.2, -0.15) is 0 Å². The molecule has 0 spiro atoms. The van der Waals surface area contributed by atoms with Gasteiger partial charge >= 0.3 is 0 Å². The molecule has 21 heavy (non-hydrogen) atoms. The first-order valence-corrected chi connectivity index (χ1v) is 6.63. The number of hydrogen-bond acceptors (Lipinski definition) is 3. The fourth-order valence-electron chi connectivity index (χ4n) is 2.53. The van der Waals surface area contributed by atoms with E-state index < -0.39 is 0 Å². The number of hydrogen-bond donors (Lipinski definition) is 1. The van der Waals surface area contributed by atoms with Gasteiger partial charge in [0.2, 0.25) is 5.91 Å². The first-order valence-electron chi connectivity index (χ1n) is 6.63. The first kappa shape index (κ1) is 17.8. The van der Waals surface area contributed by atoms with Crippen LogP contribution in [0.15, 0.2) is 30.6 Å². The largest absolute Gasteiger partial charge is 0.341 e. The average molecular weight is 331 g/mol. The number of fused-ring (bicyclic) bond motifs is 1. The highest BCUT2D eigenvalue weighted by Gasteiger charge is 2.23. The molecule has 0 radical (unpaired) electrons. The lowest BCUT2D eigenvalue weighted by Crippen LogP contribution is -2.39. The van der Waals surface area contributed by atoms with E-state index in [-0.39, 0.29) is 30.7 Å². The van der Waals surface area contributed by atoms with Crippen molar-refractivity contribution in [1.82, 2.24) is 19.6 Å². The Labute approximate surface area is 136 Å².